The molecule has 0 aromatic heterocycles. The molecular formula is C14H25BrO4. The van der Waals surface area contributed by atoms with Crippen LogP contribution in [0, 0.1) is 0 Å². The summed E-state index contributed by atoms with van der Waals surface area (Å²) in [4.78, 5) is 20.7. The lowest BCUT2D eigenvalue weighted by Crippen LogP contribution is -2.13. The minimum atomic E-state index is -0.195. The summed E-state index contributed by atoms with van der Waals surface area (Å²) in [7, 11) is 0. The van der Waals surface area contributed by atoms with Crippen molar-refractivity contribution in [1.82, 2.24) is 0 Å². The van der Waals surface area contributed by atoms with Gasteiger partial charge in [0, 0.05) is 12.3 Å². The number of ether oxygens (including phenoxy) is 2. The van der Waals surface area contributed by atoms with Crippen molar-refractivity contribution in [2.45, 2.75) is 64.4 Å². The Bertz CT molecular complexity index is 233. The number of esters is 1. The van der Waals surface area contributed by atoms with Gasteiger partial charge in [-0.2, -0.15) is 0 Å². The molecule has 0 fully saturated rings. The van der Waals surface area contributed by atoms with E-state index in [0.717, 1.165) is 25.7 Å². The van der Waals surface area contributed by atoms with Gasteiger partial charge in [0.05, 0.1) is 6.61 Å². The van der Waals surface area contributed by atoms with E-state index in [1.807, 2.05) is 0 Å². The van der Waals surface area contributed by atoms with Crippen LogP contribution in [0.5, 0.6) is 0 Å². The zero-order chi connectivity index (χ0) is 14.3. The maximum Gasteiger partial charge on any atom is 0.302 e. The number of unbranched alkanes of at least 4 members (excludes halogenated alkanes) is 6. The van der Waals surface area contributed by atoms with Crippen molar-refractivity contribution in [1.29, 1.82) is 0 Å². The molecule has 0 amide bonds. The molecule has 0 aliphatic rings. The third-order valence-corrected chi connectivity index (χ3v) is 3.62. The van der Waals surface area contributed by atoms with Gasteiger partial charge in [-0.3, -0.25) is 9.59 Å². The van der Waals surface area contributed by atoms with Gasteiger partial charge in [-0.15, -0.1) is 0 Å². The Morgan fingerprint density at radius 3 is 2.21 bits per heavy atom. The molecule has 1 atom stereocenters. The Labute approximate surface area is 124 Å². The lowest BCUT2D eigenvalue weighted by atomic mass is 10.1. The third kappa shape index (κ3) is 13.6. The van der Waals surface area contributed by atoms with Gasteiger partial charge in [0.15, 0.2) is 0 Å². The van der Waals surface area contributed by atoms with Gasteiger partial charge in [-0.1, -0.05) is 48.0 Å². The van der Waals surface area contributed by atoms with Crippen LogP contribution in [0.4, 0.5) is 0 Å². The smallest absolute Gasteiger partial charge is 0.302 e. The largest absolute Gasteiger partial charge is 0.466 e. The van der Waals surface area contributed by atoms with Gasteiger partial charge in [0.2, 0.25) is 0 Å². The molecular weight excluding hydrogens is 312 g/mol. The van der Waals surface area contributed by atoms with E-state index in [1.165, 1.54) is 32.6 Å². The normalized spacial score (nSPS) is 11.9. The second kappa shape index (κ2) is 13.8. The lowest BCUT2D eigenvalue weighted by molar-refractivity contribution is -0.141. The summed E-state index contributed by atoms with van der Waals surface area (Å²) >= 11 is 3.33. The summed E-state index contributed by atoms with van der Waals surface area (Å²) in [6, 6.07) is 0. The molecule has 0 radical (unpaired) electrons. The Kier molecular flexibility index (Phi) is 13.4. The molecule has 112 valence electrons. The monoisotopic (exact) mass is 336 g/mol. The molecule has 5 heteroatoms. The summed E-state index contributed by atoms with van der Waals surface area (Å²) in [6.45, 7) is 2.51. The number of carbonyl (C=O) groups excluding carboxylic acids is 2. The summed E-state index contributed by atoms with van der Waals surface area (Å²) in [5.74, 6) is -0.195. The van der Waals surface area contributed by atoms with E-state index in [-0.39, 0.29) is 12.1 Å². The molecule has 0 aliphatic heterocycles. The highest BCUT2D eigenvalue weighted by Gasteiger charge is 2.06. The summed E-state index contributed by atoms with van der Waals surface area (Å²) in [5.41, 5.74) is 0. The van der Waals surface area contributed by atoms with E-state index in [9.17, 15) is 9.59 Å². The fourth-order valence-corrected chi connectivity index (χ4v) is 2.31. The number of alkyl halides is 1. The highest BCUT2D eigenvalue weighted by Crippen LogP contribution is 2.12. The molecule has 0 saturated carbocycles. The van der Waals surface area contributed by atoms with Gasteiger partial charge in [0.25, 0.3) is 6.47 Å². The molecule has 0 saturated heterocycles. The number of carbonyl (C=O) groups is 2. The van der Waals surface area contributed by atoms with Crippen LogP contribution in [0.15, 0.2) is 0 Å². The maximum atomic E-state index is 10.5. The van der Waals surface area contributed by atoms with Gasteiger partial charge in [0.1, 0.15) is 6.10 Å². The van der Waals surface area contributed by atoms with Crippen LogP contribution in [0.25, 0.3) is 0 Å². The average molecular weight is 337 g/mol. The molecule has 0 heterocycles. The van der Waals surface area contributed by atoms with Crippen molar-refractivity contribution in [2.75, 3.05) is 11.9 Å². The molecule has 0 aromatic rings. The van der Waals surface area contributed by atoms with Gasteiger partial charge < -0.3 is 9.47 Å². The first-order valence-corrected chi connectivity index (χ1v) is 8.11. The highest BCUT2D eigenvalue weighted by atomic mass is 79.9. The molecule has 0 rings (SSSR count). The lowest BCUT2D eigenvalue weighted by Gasteiger charge is -2.11. The topological polar surface area (TPSA) is 52.6 Å². The van der Waals surface area contributed by atoms with E-state index in [0.29, 0.717) is 18.4 Å². The Hall–Kier alpha value is -0.580. The van der Waals surface area contributed by atoms with Crippen LogP contribution in [0.3, 0.4) is 0 Å². The Morgan fingerprint density at radius 1 is 1.11 bits per heavy atom. The van der Waals surface area contributed by atoms with Crippen LogP contribution in [-0.4, -0.2) is 30.5 Å². The average Bonchev–Trinajstić information content (AvgIpc) is 2.39. The first-order chi connectivity index (χ1) is 9.20. The van der Waals surface area contributed by atoms with E-state index in [2.05, 4.69) is 15.9 Å². The van der Waals surface area contributed by atoms with Gasteiger partial charge in [-0.05, 0) is 19.3 Å². The fraction of sp³-hybridized carbons (Fsp3) is 0.857. The van der Waals surface area contributed by atoms with E-state index in [4.69, 9.17) is 9.47 Å². The molecule has 19 heavy (non-hydrogen) atoms. The first-order valence-electron chi connectivity index (χ1n) is 6.99. The molecule has 0 bridgehead atoms. The standard InChI is InChI=1S/C14H25BrO4/c1-13(17)18-10-8-6-4-2-3-5-7-9-14(11-15)19-12-16/h12,14H,2-11H2,1H3. The molecule has 0 spiro atoms. The number of halogens is 1. The fourth-order valence-electron chi connectivity index (χ4n) is 1.83. The zero-order valence-corrected chi connectivity index (χ0v) is 13.3. The SMILES string of the molecule is CC(=O)OCCCCCCCCCC(CBr)OC=O. The second-order valence-corrected chi connectivity index (χ2v) is 5.26. The van der Waals surface area contributed by atoms with Crippen molar-refractivity contribution in [3.63, 3.8) is 0 Å². The summed E-state index contributed by atoms with van der Waals surface area (Å²) in [6.07, 6.45) is 8.90. The van der Waals surface area contributed by atoms with Crippen molar-refractivity contribution < 1.29 is 19.1 Å². The third-order valence-electron chi connectivity index (χ3n) is 2.90. The van der Waals surface area contributed by atoms with Gasteiger partial charge >= 0.3 is 5.97 Å². The Morgan fingerprint density at radius 2 is 1.68 bits per heavy atom. The molecule has 0 N–H and O–H groups in total. The number of rotatable bonds is 13. The van der Waals surface area contributed by atoms with Crippen LogP contribution in [-0.2, 0) is 19.1 Å². The zero-order valence-electron chi connectivity index (χ0n) is 11.7. The van der Waals surface area contributed by atoms with E-state index in [1.54, 1.807) is 0 Å². The maximum absolute atomic E-state index is 10.5. The Balaban J connectivity index is 3.18. The summed E-state index contributed by atoms with van der Waals surface area (Å²) < 4.78 is 9.78. The summed E-state index contributed by atoms with van der Waals surface area (Å²) in [5, 5.41) is 0.710. The van der Waals surface area contributed by atoms with E-state index < -0.39 is 0 Å². The van der Waals surface area contributed by atoms with Crippen molar-refractivity contribution in [3.8, 4) is 0 Å². The van der Waals surface area contributed by atoms with Crippen LogP contribution < -0.4 is 0 Å². The van der Waals surface area contributed by atoms with Crippen LogP contribution >= 0.6 is 15.9 Å². The van der Waals surface area contributed by atoms with Crippen molar-refractivity contribution in [2.24, 2.45) is 0 Å². The second-order valence-electron chi connectivity index (χ2n) is 4.61. The minimum absolute atomic E-state index is 0.0150. The molecule has 1 unspecified atom stereocenters. The first kappa shape index (κ1) is 18.4. The highest BCUT2D eigenvalue weighted by molar-refractivity contribution is 9.09. The molecule has 0 aliphatic carbocycles. The molecule has 4 nitrogen and oxygen atoms in total. The minimum Gasteiger partial charge on any atom is -0.466 e. The van der Waals surface area contributed by atoms with E-state index >= 15 is 0 Å². The van der Waals surface area contributed by atoms with Crippen LogP contribution in [0.1, 0.15) is 58.3 Å². The van der Waals surface area contributed by atoms with Crippen molar-refractivity contribution >= 4 is 28.4 Å². The van der Waals surface area contributed by atoms with Gasteiger partial charge in [-0.25, -0.2) is 0 Å². The number of hydrogen-bond donors (Lipinski definition) is 0. The van der Waals surface area contributed by atoms with Crippen LogP contribution in [0.2, 0.25) is 0 Å². The predicted octanol–water partition coefficient (Wildman–Crippen LogP) is 3.61. The molecule has 0 aromatic carbocycles. The quantitative estimate of drug-likeness (QED) is 0.223. The number of hydrogen-bond acceptors (Lipinski definition) is 4. The van der Waals surface area contributed by atoms with Crippen molar-refractivity contribution in [3.05, 3.63) is 0 Å². The predicted molar refractivity (Wildman–Crippen MR) is 78.3 cm³/mol.